The van der Waals surface area contributed by atoms with E-state index < -0.39 is 5.82 Å². The van der Waals surface area contributed by atoms with Crippen molar-refractivity contribution in [2.45, 2.75) is 13.5 Å². The number of nitrogens with one attached hydrogen (secondary N) is 1. The summed E-state index contributed by atoms with van der Waals surface area (Å²) in [6.07, 6.45) is 0. The summed E-state index contributed by atoms with van der Waals surface area (Å²) >= 11 is 0. The Morgan fingerprint density at radius 1 is 1.30 bits per heavy atom. The zero-order valence-electron chi connectivity index (χ0n) is 11.1. The van der Waals surface area contributed by atoms with Gasteiger partial charge in [-0.3, -0.25) is 0 Å². The van der Waals surface area contributed by atoms with Gasteiger partial charge in [0.25, 0.3) is 0 Å². The second kappa shape index (κ2) is 6.06. The first-order valence-electron chi connectivity index (χ1n) is 6.16. The monoisotopic (exact) mass is 273 g/mol. The van der Waals surface area contributed by atoms with Gasteiger partial charge in [-0.2, -0.15) is 0 Å². The van der Waals surface area contributed by atoms with Crippen LogP contribution in [0.4, 0.5) is 10.1 Å². The quantitative estimate of drug-likeness (QED) is 0.347. The summed E-state index contributed by atoms with van der Waals surface area (Å²) in [5.41, 5.74) is 8.65. The number of hydrogen-bond donors (Lipinski definition) is 3. The lowest BCUT2D eigenvalue weighted by Gasteiger charge is -2.09. The van der Waals surface area contributed by atoms with E-state index in [1.54, 1.807) is 6.07 Å². The van der Waals surface area contributed by atoms with Gasteiger partial charge >= 0.3 is 0 Å². The Morgan fingerprint density at radius 3 is 2.80 bits per heavy atom. The molecule has 2 aromatic carbocycles. The van der Waals surface area contributed by atoms with Gasteiger partial charge < -0.3 is 16.3 Å². The van der Waals surface area contributed by atoms with E-state index in [0.29, 0.717) is 17.7 Å². The van der Waals surface area contributed by atoms with Crippen molar-refractivity contribution < 1.29 is 9.60 Å². The third kappa shape index (κ3) is 3.47. The highest BCUT2D eigenvalue weighted by Crippen LogP contribution is 2.14. The molecule has 5 heteroatoms. The highest BCUT2D eigenvalue weighted by atomic mass is 19.1. The predicted octanol–water partition coefficient (Wildman–Crippen LogP) is 2.84. The van der Waals surface area contributed by atoms with Gasteiger partial charge in [0.15, 0.2) is 5.84 Å². The number of rotatable bonds is 4. The molecule has 0 unspecified atom stereocenters. The molecule has 0 aliphatic carbocycles. The van der Waals surface area contributed by atoms with Crippen LogP contribution < -0.4 is 11.1 Å². The minimum atomic E-state index is -0.421. The number of nitrogens with zero attached hydrogens (tertiary/aromatic N) is 1. The Hall–Kier alpha value is -2.56. The molecule has 0 atom stereocenters. The molecule has 2 rings (SSSR count). The molecule has 0 spiro atoms. The first-order chi connectivity index (χ1) is 9.58. The van der Waals surface area contributed by atoms with E-state index in [2.05, 4.69) is 10.5 Å². The lowest BCUT2D eigenvalue weighted by atomic mass is 10.1. The molecule has 0 amide bonds. The molecule has 4 nitrogen and oxygen atoms in total. The van der Waals surface area contributed by atoms with E-state index in [9.17, 15) is 4.39 Å². The predicted molar refractivity (Wildman–Crippen MR) is 77.4 cm³/mol. The van der Waals surface area contributed by atoms with Crippen LogP contribution in [0.5, 0.6) is 0 Å². The maximum absolute atomic E-state index is 13.5. The Balaban J connectivity index is 2.15. The Labute approximate surface area is 116 Å². The summed E-state index contributed by atoms with van der Waals surface area (Å²) in [5, 5.41) is 14.7. The topological polar surface area (TPSA) is 70.6 Å². The van der Waals surface area contributed by atoms with Crippen molar-refractivity contribution in [1.82, 2.24) is 0 Å². The Morgan fingerprint density at radius 2 is 2.10 bits per heavy atom. The number of oxime groups is 1. The van der Waals surface area contributed by atoms with E-state index in [0.717, 1.165) is 11.3 Å². The number of amidine groups is 1. The van der Waals surface area contributed by atoms with Crippen LogP contribution in [0.15, 0.2) is 47.6 Å². The van der Waals surface area contributed by atoms with Crippen LogP contribution in [0.1, 0.15) is 16.7 Å². The minimum Gasteiger partial charge on any atom is -0.409 e. The lowest BCUT2D eigenvalue weighted by molar-refractivity contribution is 0.318. The standard InChI is InChI=1S/C15H16FN3O/c1-10-3-2-4-14(5-10)18-9-11-6-12(15(17)19-20)8-13(16)7-11/h2-8,18,20H,9H2,1H3,(H2,17,19). The fraction of sp³-hybridized carbons (Fsp3) is 0.133. The van der Waals surface area contributed by atoms with E-state index >= 15 is 0 Å². The molecule has 20 heavy (non-hydrogen) atoms. The van der Waals surface area contributed by atoms with Gasteiger partial charge in [0.05, 0.1) is 0 Å². The maximum atomic E-state index is 13.5. The molecule has 104 valence electrons. The van der Waals surface area contributed by atoms with E-state index in [1.807, 2.05) is 31.2 Å². The second-order valence-corrected chi connectivity index (χ2v) is 4.56. The molecule has 0 aliphatic rings. The highest BCUT2D eigenvalue weighted by Gasteiger charge is 2.05. The van der Waals surface area contributed by atoms with Gasteiger partial charge in [0, 0.05) is 17.8 Å². The fourth-order valence-electron chi connectivity index (χ4n) is 1.92. The number of halogens is 1. The third-order valence-electron chi connectivity index (χ3n) is 2.88. The van der Waals surface area contributed by atoms with Gasteiger partial charge in [-0.25, -0.2) is 4.39 Å². The Bertz CT molecular complexity index is 641. The maximum Gasteiger partial charge on any atom is 0.170 e. The van der Waals surface area contributed by atoms with Crippen LogP contribution in [0, 0.1) is 12.7 Å². The van der Waals surface area contributed by atoms with Crippen LogP contribution >= 0.6 is 0 Å². The molecule has 0 bridgehead atoms. The molecular formula is C15H16FN3O. The van der Waals surface area contributed by atoms with Crippen LogP contribution in [-0.2, 0) is 6.54 Å². The molecule has 4 N–H and O–H groups in total. The zero-order valence-corrected chi connectivity index (χ0v) is 11.1. The number of hydrogen-bond acceptors (Lipinski definition) is 3. The van der Waals surface area contributed by atoms with Gasteiger partial charge in [-0.1, -0.05) is 17.3 Å². The smallest absolute Gasteiger partial charge is 0.170 e. The number of aryl methyl sites for hydroxylation is 1. The molecule has 0 heterocycles. The summed E-state index contributed by atoms with van der Waals surface area (Å²) in [4.78, 5) is 0. The molecular weight excluding hydrogens is 257 g/mol. The van der Waals surface area contributed by atoms with Crippen molar-refractivity contribution in [1.29, 1.82) is 0 Å². The number of anilines is 1. The van der Waals surface area contributed by atoms with Gasteiger partial charge in [-0.15, -0.1) is 0 Å². The summed E-state index contributed by atoms with van der Waals surface area (Å²) in [7, 11) is 0. The first kappa shape index (κ1) is 13.9. The van der Waals surface area contributed by atoms with Gasteiger partial charge in [0.1, 0.15) is 5.82 Å². The lowest BCUT2D eigenvalue weighted by Crippen LogP contribution is -2.14. The summed E-state index contributed by atoms with van der Waals surface area (Å²) in [5.74, 6) is -0.531. The first-order valence-corrected chi connectivity index (χ1v) is 6.16. The molecule has 2 aromatic rings. The summed E-state index contributed by atoms with van der Waals surface area (Å²) in [6, 6.07) is 12.2. The molecule has 0 aromatic heterocycles. The number of nitrogens with two attached hydrogens (primary N) is 1. The Kier molecular flexibility index (Phi) is 4.20. The number of benzene rings is 2. The van der Waals surface area contributed by atoms with Crippen LogP contribution in [-0.4, -0.2) is 11.0 Å². The van der Waals surface area contributed by atoms with Gasteiger partial charge in [0.2, 0.25) is 0 Å². The van der Waals surface area contributed by atoms with Crippen molar-refractivity contribution in [2.75, 3.05) is 5.32 Å². The summed E-state index contributed by atoms with van der Waals surface area (Å²) < 4.78 is 13.5. The van der Waals surface area contributed by atoms with E-state index in [4.69, 9.17) is 10.9 Å². The highest BCUT2D eigenvalue weighted by molar-refractivity contribution is 5.97. The largest absolute Gasteiger partial charge is 0.409 e. The second-order valence-electron chi connectivity index (χ2n) is 4.56. The third-order valence-corrected chi connectivity index (χ3v) is 2.88. The zero-order chi connectivity index (χ0) is 14.5. The van der Waals surface area contributed by atoms with E-state index in [-0.39, 0.29) is 5.84 Å². The van der Waals surface area contributed by atoms with Gasteiger partial charge in [-0.05, 0) is 48.4 Å². The van der Waals surface area contributed by atoms with Crippen LogP contribution in [0.3, 0.4) is 0 Å². The average molecular weight is 273 g/mol. The van der Waals surface area contributed by atoms with Crippen molar-refractivity contribution in [3.8, 4) is 0 Å². The minimum absolute atomic E-state index is 0.110. The molecule has 0 saturated heterocycles. The van der Waals surface area contributed by atoms with Crippen molar-refractivity contribution in [2.24, 2.45) is 10.9 Å². The molecule has 0 saturated carbocycles. The van der Waals surface area contributed by atoms with Crippen molar-refractivity contribution in [3.05, 3.63) is 65.0 Å². The van der Waals surface area contributed by atoms with Crippen molar-refractivity contribution in [3.63, 3.8) is 0 Å². The fourth-order valence-corrected chi connectivity index (χ4v) is 1.92. The summed E-state index contributed by atoms with van der Waals surface area (Å²) in [6.45, 7) is 2.46. The van der Waals surface area contributed by atoms with Crippen LogP contribution in [0.2, 0.25) is 0 Å². The van der Waals surface area contributed by atoms with E-state index in [1.165, 1.54) is 12.1 Å². The molecule has 0 radical (unpaired) electrons. The SMILES string of the molecule is Cc1cccc(NCc2cc(F)cc(/C(N)=N/O)c2)c1. The normalized spacial score (nSPS) is 11.4. The van der Waals surface area contributed by atoms with Crippen LogP contribution in [0.25, 0.3) is 0 Å². The average Bonchev–Trinajstić information content (AvgIpc) is 2.44. The molecule has 0 fully saturated rings. The molecule has 0 aliphatic heterocycles. The van der Waals surface area contributed by atoms with Crippen molar-refractivity contribution >= 4 is 11.5 Å².